The predicted molar refractivity (Wildman–Crippen MR) is 79.8 cm³/mol. The van der Waals surface area contributed by atoms with Gasteiger partial charge < -0.3 is 5.32 Å². The Balaban J connectivity index is 1.84. The molecule has 0 spiro atoms. The van der Waals surface area contributed by atoms with Gasteiger partial charge in [0.05, 0.1) is 0 Å². The third-order valence-electron chi connectivity index (χ3n) is 5.24. The van der Waals surface area contributed by atoms with Crippen LogP contribution in [0.5, 0.6) is 0 Å². The molecule has 0 bridgehead atoms. The molecule has 0 saturated heterocycles. The highest BCUT2D eigenvalue weighted by Gasteiger charge is 2.33. The smallest absolute Gasteiger partial charge is 0.00772 e. The Bertz CT molecular complexity index is 252. The molecule has 0 aromatic carbocycles. The van der Waals surface area contributed by atoms with Crippen LogP contribution in [0.15, 0.2) is 0 Å². The zero-order valence-electron chi connectivity index (χ0n) is 13.0. The third-order valence-corrected chi connectivity index (χ3v) is 5.24. The van der Waals surface area contributed by atoms with Gasteiger partial charge in [-0.3, -0.25) is 0 Å². The molecule has 0 aromatic heterocycles. The molecule has 18 heavy (non-hydrogen) atoms. The van der Waals surface area contributed by atoms with Crippen molar-refractivity contribution in [3.63, 3.8) is 0 Å². The van der Waals surface area contributed by atoms with Gasteiger partial charge in [0.2, 0.25) is 0 Å². The molecule has 1 nitrogen and oxygen atoms in total. The minimum atomic E-state index is 0.543. The molecule has 0 aliphatic heterocycles. The summed E-state index contributed by atoms with van der Waals surface area (Å²) in [7, 11) is 0. The van der Waals surface area contributed by atoms with Crippen LogP contribution in [0, 0.1) is 17.3 Å². The van der Waals surface area contributed by atoms with Crippen LogP contribution in [0.2, 0.25) is 0 Å². The summed E-state index contributed by atoms with van der Waals surface area (Å²) in [6, 6.07) is 1.50. The molecule has 2 rings (SSSR count). The van der Waals surface area contributed by atoms with Gasteiger partial charge in [0, 0.05) is 12.1 Å². The molecule has 106 valence electrons. The van der Waals surface area contributed by atoms with E-state index in [4.69, 9.17) is 0 Å². The van der Waals surface area contributed by atoms with Gasteiger partial charge in [0.25, 0.3) is 0 Å². The second kappa shape index (κ2) is 5.94. The van der Waals surface area contributed by atoms with Crippen LogP contribution in [0.1, 0.15) is 79.1 Å². The van der Waals surface area contributed by atoms with Gasteiger partial charge in [-0.25, -0.2) is 0 Å². The molecule has 0 radical (unpaired) electrons. The Labute approximate surface area is 114 Å². The van der Waals surface area contributed by atoms with Crippen molar-refractivity contribution >= 4 is 0 Å². The number of nitrogens with one attached hydrogen (secondary N) is 1. The van der Waals surface area contributed by atoms with Crippen molar-refractivity contribution in [1.29, 1.82) is 0 Å². The molecule has 0 amide bonds. The maximum Gasteiger partial charge on any atom is 0.00772 e. The van der Waals surface area contributed by atoms with E-state index in [2.05, 4.69) is 33.0 Å². The highest BCUT2D eigenvalue weighted by Crippen LogP contribution is 2.39. The second-order valence-electron chi connectivity index (χ2n) is 7.96. The fraction of sp³-hybridized carbons (Fsp3) is 1.00. The van der Waals surface area contributed by atoms with Gasteiger partial charge in [-0.05, 0) is 56.3 Å². The first-order valence-corrected chi connectivity index (χ1v) is 8.22. The summed E-state index contributed by atoms with van der Waals surface area (Å²) in [5.41, 5.74) is 0.543. The normalized spacial score (nSPS) is 35.3. The van der Waals surface area contributed by atoms with Crippen LogP contribution in [0.25, 0.3) is 0 Å². The van der Waals surface area contributed by atoms with Crippen LogP contribution in [-0.2, 0) is 0 Å². The number of rotatable bonds is 3. The zero-order chi connectivity index (χ0) is 13.2. The number of hydrogen-bond donors (Lipinski definition) is 1. The molecule has 0 heterocycles. The highest BCUT2D eigenvalue weighted by atomic mass is 15.0. The number of hydrogen-bond acceptors (Lipinski definition) is 1. The first kappa shape index (κ1) is 14.4. The topological polar surface area (TPSA) is 12.0 Å². The molecule has 2 fully saturated rings. The van der Waals surface area contributed by atoms with Crippen molar-refractivity contribution < 1.29 is 0 Å². The molecule has 2 saturated carbocycles. The van der Waals surface area contributed by atoms with E-state index in [1.807, 2.05) is 0 Å². The zero-order valence-corrected chi connectivity index (χ0v) is 13.0. The van der Waals surface area contributed by atoms with Crippen molar-refractivity contribution in [3.8, 4) is 0 Å². The standard InChI is InChI=1S/C17H33N/c1-13-10-16(12-17(3,4)11-13)18-14(2)15-8-6-5-7-9-15/h13-16,18H,5-12H2,1-4H3. The van der Waals surface area contributed by atoms with Crippen molar-refractivity contribution in [2.75, 3.05) is 0 Å². The average molecular weight is 251 g/mol. The Morgan fingerprint density at radius 1 is 1.06 bits per heavy atom. The van der Waals surface area contributed by atoms with E-state index < -0.39 is 0 Å². The van der Waals surface area contributed by atoms with Crippen LogP contribution in [0.4, 0.5) is 0 Å². The largest absolute Gasteiger partial charge is 0.311 e. The van der Waals surface area contributed by atoms with Gasteiger partial charge in [0.15, 0.2) is 0 Å². The van der Waals surface area contributed by atoms with Crippen LogP contribution in [-0.4, -0.2) is 12.1 Å². The van der Waals surface area contributed by atoms with Gasteiger partial charge in [0.1, 0.15) is 0 Å². The lowest BCUT2D eigenvalue weighted by Gasteiger charge is -2.41. The van der Waals surface area contributed by atoms with E-state index in [0.717, 1.165) is 23.9 Å². The minimum absolute atomic E-state index is 0.543. The first-order valence-electron chi connectivity index (χ1n) is 8.22. The Morgan fingerprint density at radius 3 is 2.33 bits per heavy atom. The average Bonchev–Trinajstić information content (AvgIpc) is 2.27. The molecule has 3 unspecified atom stereocenters. The van der Waals surface area contributed by atoms with E-state index >= 15 is 0 Å². The Hall–Kier alpha value is -0.0400. The second-order valence-corrected chi connectivity index (χ2v) is 7.96. The SMILES string of the molecule is CC1CC(NC(C)C2CCCCC2)CC(C)(C)C1. The summed E-state index contributed by atoms with van der Waals surface area (Å²) in [6.45, 7) is 9.76. The molecular weight excluding hydrogens is 218 g/mol. The summed E-state index contributed by atoms with van der Waals surface area (Å²) in [5, 5.41) is 3.97. The summed E-state index contributed by atoms with van der Waals surface area (Å²) in [6.07, 6.45) is 11.5. The lowest BCUT2D eigenvalue weighted by Crippen LogP contribution is -2.46. The van der Waals surface area contributed by atoms with Crippen molar-refractivity contribution in [2.24, 2.45) is 17.3 Å². The quantitative estimate of drug-likeness (QED) is 0.762. The van der Waals surface area contributed by atoms with Gasteiger partial charge in [-0.2, -0.15) is 0 Å². The molecule has 2 aliphatic carbocycles. The summed E-state index contributed by atoms with van der Waals surface area (Å²) in [4.78, 5) is 0. The summed E-state index contributed by atoms with van der Waals surface area (Å²) in [5.74, 6) is 1.84. The highest BCUT2D eigenvalue weighted by molar-refractivity contribution is 4.89. The first-order chi connectivity index (χ1) is 8.46. The fourth-order valence-corrected chi connectivity index (χ4v) is 4.62. The fourth-order valence-electron chi connectivity index (χ4n) is 4.62. The summed E-state index contributed by atoms with van der Waals surface area (Å²) >= 11 is 0. The molecule has 0 aromatic rings. The van der Waals surface area contributed by atoms with Crippen molar-refractivity contribution in [1.82, 2.24) is 5.32 Å². The third kappa shape index (κ3) is 3.98. The van der Waals surface area contributed by atoms with E-state index in [-0.39, 0.29) is 0 Å². The molecular formula is C17H33N. The maximum absolute atomic E-state index is 3.97. The van der Waals surface area contributed by atoms with Crippen LogP contribution < -0.4 is 5.32 Å². The predicted octanol–water partition coefficient (Wildman–Crippen LogP) is 4.76. The minimum Gasteiger partial charge on any atom is -0.311 e. The monoisotopic (exact) mass is 251 g/mol. The lowest BCUT2D eigenvalue weighted by molar-refractivity contribution is 0.134. The van der Waals surface area contributed by atoms with Gasteiger partial charge in [-0.15, -0.1) is 0 Å². The van der Waals surface area contributed by atoms with E-state index in [1.54, 1.807) is 0 Å². The summed E-state index contributed by atoms with van der Waals surface area (Å²) < 4.78 is 0. The van der Waals surface area contributed by atoms with Crippen molar-refractivity contribution in [3.05, 3.63) is 0 Å². The Morgan fingerprint density at radius 2 is 1.72 bits per heavy atom. The van der Waals surface area contributed by atoms with Crippen LogP contribution >= 0.6 is 0 Å². The van der Waals surface area contributed by atoms with Gasteiger partial charge >= 0.3 is 0 Å². The van der Waals surface area contributed by atoms with E-state index in [1.165, 1.54) is 51.4 Å². The van der Waals surface area contributed by atoms with E-state index in [0.29, 0.717) is 5.41 Å². The Kier molecular flexibility index (Phi) is 4.75. The van der Waals surface area contributed by atoms with Gasteiger partial charge in [-0.1, -0.05) is 40.0 Å². The lowest BCUT2D eigenvalue weighted by atomic mass is 9.70. The van der Waals surface area contributed by atoms with E-state index in [9.17, 15) is 0 Å². The molecule has 1 N–H and O–H groups in total. The van der Waals surface area contributed by atoms with Crippen LogP contribution in [0.3, 0.4) is 0 Å². The maximum atomic E-state index is 3.97. The molecule has 1 heteroatoms. The van der Waals surface area contributed by atoms with Crippen molar-refractivity contribution in [2.45, 2.75) is 91.1 Å². The molecule has 3 atom stereocenters. The molecule has 2 aliphatic rings.